The molecule has 2 N–H and O–H groups in total. The molecule has 0 aliphatic carbocycles. The summed E-state index contributed by atoms with van der Waals surface area (Å²) >= 11 is 0. The molecule has 2 aliphatic heterocycles. The van der Waals surface area contributed by atoms with Crippen molar-refractivity contribution in [2.45, 2.75) is 31.3 Å². The number of nitrogens with zero attached hydrogens (tertiary/aromatic N) is 4. The van der Waals surface area contributed by atoms with Crippen LogP contribution in [-0.2, 0) is 36.1 Å². The normalized spacial score (nSPS) is 15.9. The maximum absolute atomic E-state index is 14.1. The molecule has 43 heavy (non-hydrogen) atoms. The molecule has 218 valence electrons. The zero-order valence-corrected chi connectivity index (χ0v) is 22.3. The van der Waals surface area contributed by atoms with Crippen molar-refractivity contribution in [3.05, 3.63) is 136 Å². The van der Waals surface area contributed by atoms with E-state index in [0.29, 0.717) is 5.69 Å². The Hall–Kier alpha value is -5.13. The maximum Gasteiger partial charge on any atom is 0.417 e. The summed E-state index contributed by atoms with van der Waals surface area (Å²) in [6, 6.07) is 16.5. The van der Waals surface area contributed by atoms with Gasteiger partial charge in [-0.3, -0.25) is 19.5 Å². The van der Waals surface area contributed by atoms with Crippen LogP contribution in [-0.4, -0.2) is 32.6 Å². The third-order valence-electron chi connectivity index (χ3n) is 7.57. The second-order valence-corrected chi connectivity index (χ2v) is 10.2. The molecule has 3 aromatic carbocycles. The molecule has 0 unspecified atom stereocenters. The number of carbonyl (C=O) groups is 2. The summed E-state index contributed by atoms with van der Waals surface area (Å²) in [6.45, 7) is -0.164. The first-order chi connectivity index (χ1) is 20.5. The van der Waals surface area contributed by atoms with Gasteiger partial charge >= 0.3 is 6.18 Å². The molecule has 0 atom stereocenters. The molecule has 2 amide bonds. The summed E-state index contributed by atoms with van der Waals surface area (Å²) in [5, 5.41) is 0. The quantitative estimate of drug-likeness (QED) is 0.326. The van der Waals surface area contributed by atoms with E-state index in [9.17, 15) is 31.5 Å². The number of halogens is 5. The number of benzene rings is 3. The van der Waals surface area contributed by atoms with Crippen molar-refractivity contribution >= 4 is 17.8 Å². The van der Waals surface area contributed by atoms with Gasteiger partial charge in [0.1, 0.15) is 11.6 Å². The molecule has 2 aliphatic rings. The highest BCUT2D eigenvalue weighted by Crippen LogP contribution is 2.41. The molecule has 0 fully saturated rings. The van der Waals surface area contributed by atoms with Gasteiger partial charge in [-0.05, 0) is 64.7 Å². The molecular formula is C31H22F5N5O2. The fraction of sp³-hybridized carbons (Fsp3) is 0.161. The molecule has 0 radical (unpaired) electrons. The number of guanidine groups is 1. The number of aliphatic imine (C=N–C) groups is 1. The van der Waals surface area contributed by atoms with Crippen LogP contribution >= 0.6 is 0 Å². The Bertz CT molecular complexity index is 1700. The summed E-state index contributed by atoms with van der Waals surface area (Å²) in [5.41, 5.74) is 4.75. The standard InChI is InChI=1S/C31H22F5N5O2/c32-22-8-4-20(5-9-22)30(21-6-10-23(33)11-7-21)28(43)41(29(37)39-30)15-18-3-12-25(31(34,35)36)24(14-18)27(42)40-16-19-2-1-13-38-26(19)17-40/h1-14H,15-17H2,(H2,37,39). The summed E-state index contributed by atoms with van der Waals surface area (Å²) in [7, 11) is 0. The van der Waals surface area contributed by atoms with E-state index >= 15 is 0 Å². The Balaban J connectivity index is 1.36. The molecule has 0 saturated carbocycles. The minimum Gasteiger partial charge on any atom is -0.369 e. The predicted octanol–water partition coefficient (Wildman–Crippen LogP) is 5.14. The summed E-state index contributed by atoms with van der Waals surface area (Å²) in [6.07, 6.45) is -3.27. The number of nitrogens with two attached hydrogens (primary N) is 1. The molecule has 0 spiro atoms. The number of aromatic nitrogens is 1. The van der Waals surface area contributed by atoms with Gasteiger partial charge in [-0.25, -0.2) is 13.8 Å². The van der Waals surface area contributed by atoms with Crippen molar-refractivity contribution in [1.82, 2.24) is 14.8 Å². The van der Waals surface area contributed by atoms with Crippen LogP contribution in [0.1, 0.15) is 43.9 Å². The van der Waals surface area contributed by atoms with E-state index in [0.717, 1.165) is 52.9 Å². The minimum absolute atomic E-state index is 0.0542. The molecule has 7 nitrogen and oxygen atoms in total. The Morgan fingerprint density at radius 2 is 1.53 bits per heavy atom. The molecular weight excluding hydrogens is 569 g/mol. The van der Waals surface area contributed by atoms with Crippen LogP contribution in [0.15, 0.2) is 90.1 Å². The third-order valence-corrected chi connectivity index (χ3v) is 7.57. The van der Waals surface area contributed by atoms with Crippen LogP contribution in [0.3, 0.4) is 0 Å². The lowest BCUT2D eigenvalue weighted by molar-refractivity contribution is -0.138. The van der Waals surface area contributed by atoms with Gasteiger partial charge in [0.05, 0.1) is 29.9 Å². The first kappa shape index (κ1) is 28.0. The van der Waals surface area contributed by atoms with E-state index in [1.165, 1.54) is 29.2 Å². The number of carbonyl (C=O) groups excluding carboxylic acids is 2. The first-order valence-electron chi connectivity index (χ1n) is 13.1. The Morgan fingerprint density at radius 3 is 2.12 bits per heavy atom. The monoisotopic (exact) mass is 591 g/mol. The van der Waals surface area contributed by atoms with Crippen LogP contribution < -0.4 is 5.73 Å². The van der Waals surface area contributed by atoms with Gasteiger partial charge in [0.2, 0.25) is 0 Å². The Labute approximate surface area is 242 Å². The smallest absolute Gasteiger partial charge is 0.369 e. The fourth-order valence-electron chi connectivity index (χ4n) is 5.47. The third kappa shape index (κ3) is 4.88. The van der Waals surface area contributed by atoms with Crippen molar-refractivity contribution in [1.29, 1.82) is 0 Å². The van der Waals surface area contributed by atoms with Crippen molar-refractivity contribution in [3.8, 4) is 0 Å². The van der Waals surface area contributed by atoms with Crippen molar-refractivity contribution in [2.75, 3.05) is 0 Å². The average molecular weight is 592 g/mol. The summed E-state index contributed by atoms with van der Waals surface area (Å²) in [4.78, 5) is 38.5. The lowest BCUT2D eigenvalue weighted by Crippen LogP contribution is -2.43. The van der Waals surface area contributed by atoms with Gasteiger partial charge in [0, 0.05) is 12.7 Å². The molecule has 0 saturated heterocycles. The summed E-state index contributed by atoms with van der Waals surface area (Å²) in [5.74, 6) is -2.90. The zero-order chi connectivity index (χ0) is 30.5. The maximum atomic E-state index is 14.1. The molecule has 3 heterocycles. The highest BCUT2D eigenvalue weighted by molar-refractivity contribution is 6.09. The van der Waals surface area contributed by atoms with Crippen LogP contribution in [0, 0.1) is 11.6 Å². The lowest BCUT2D eigenvalue weighted by Gasteiger charge is -2.27. The van der Waals surface area contributed by atoms with E-state index in [-0.39, 0.29) is 42.3 Å². The van der Waals surface area contributed by atoms with E-state index < -0.39 is 46.3 Å². The van der Waals surface area contributed by atoms with Crippen LogP contribution in [0.5, 0.6) is 0 Å². The number of fused-ring (bicyclic) bond motifs is 1. The lowest BCUT2D eigenvalue weighted by atomic mass is 9.82. The van der Waals surface area contributed by atoms with Crippen LogP contribution in [0.25, 0.3) is 0 Å². The zero-order valence-electron chi connectivity index (χ0n) is 22.3. The molecule has 6 rings (SSSR count). The van der Waals surface area contributed by atoms with Crippen molar-refractivity contribution in [3.63, 3.8) is 0 Å². The number of amides is 2. The molecule has 12 heteroatoms. The molecule has 4 aromatic rings. The molecule has 1 aromatic heterocycles. The van der Waals surface area contributed by atoms with E-state index in [4.69, 9.17) is 5.73 Å². The van der Waals surface area contributed by atoms with Crippen molar-refractivity contribution in [2.24, 2.45) is 10.7 Å². The van der Waals surface area contributed by atoms with Gasteiger partial charge in [0.25, 0.3) is 11.8 Å². The second kappa shape index (κ2) is 10.3. The topological polar surface area (TPSA) is 91.9 Å². The highest BCUT2D eigenvalue weighted by atomic mass is 19.4. The largest absolute Gasteiger partial charge is 0.417 e. The van der Waals surface area contributed by atoms with Gasteiger partial charge < -0.3 is 10.6 Å². The number of hydrogen-bond acceptors (Lipinski definition) is 5. The van der Waals surface area contributed by atoms with Crippen LogP contribution in [0.4, 0.5) is 22.0 Å². The Morgan fingerprint density at radius 1 is 0.907 bits per heavy atom. The predicted molar refractivity (Wildman–Crippen MR) is 145 cm³/mol. The van der Waals surface area contributed by atoms with Gasteiger partial charge in [-0.2, -0.15) is 13.2 Å². The van der Waals surface area contributed by atoms with Gasteiger partial charge in [-0.1, -0.05) is 36.4 Å². The number of rotatable bonds is 5. The first-order valence-corrected chi connectivity index (χ1v) is 13.1. The van der Waals surface area contributed by atoms with E-state index in [2.05, 4.69) is 9.98 Å². The van der Waals surface area contributed by atoms with Gasteiger partial charge in [-0.15, -0.1) is 0 Å². The average Bonchev–Trinajstić information content (AvgIpc) is 3.52. The van der Waals surface area contributed by atoms with Gasteiger partial charge in [0.15, 0.2) is 11.5 Å². The minimum atomic E-state index is -4.82. The van der Waals surface area contributed by atoms with E-state index in [1.807, 2.05) is 0 Å². The second-order valence-electron chi connectivity index (χ2n) is 10.2. The SMILES string of the molecule is NC1=NC(c2ccc(F)cc2)(c2ccc(F)cc2)C(=O)N1Cc1ccc(C(F)(F)F)c(C(=O)N2Cc3cccnc3C2)c1. The van der Waals surface area contributed by atoms with Crippen molar-refractivity contribution < 1.29 is 31.5 Å². The highest BCUT2D eigenvalue weighted by Gasteiger charge is 2.50. The van der Waals surface area contributed by atoms with Crippen LogP contribution in [0.2, 0.25) is 0 Å². The summed E-state index contributed by atoms with van der Waals surface area (Å²) < 4.78 is 69.6. The van der Waals surface area contributed by atoms with E-state index in [1.54, 1.807) is 18.3 Å². The number of pyridine rings is 1. The fourth-order valence-corrected chi connectivity index (χ4v) is 5.47. The Kier molecular flexibility index (Phi) is 6.71. The molecule has 0 bridgehead atoms. The number of alkyl halides is 3. The number of hydrogen-bond donors (Lipinski definition) is 1.